The van der Waals surface area contributed by atoms with Crippen LogP contribution in [0.15, 0.2) is 32.6 Å². The van der Waals surface area contributed by atoms with Gasteiger partial charge in [0.1, 0.15) is 36.4 Å². The van der Waals surface area contributed by atoms with Crippen LogP contribution in [0.1, 0.15) is 11.9 Å². The number of aliphatic hydroxyl groups excluding tert-OH is 1. The lowest BCUT2D eigenvalue weighted by molar-refractivity contribution is -0.236. The van der Waals surface area contributed by atoms with Crippen LogP contribution >= 0.6 is 15.6 Å². The monoisotopic (exact) mass is 671 g/mol. The molecule has 2 aromatic rings. The predicted molar refractivity (Wildman–Crippen MR) is 140 cm³/mol. The number of imidazole rings is 1. The molecule has 1 spiro atoms. The van der Waals surface area contributed by atoms with E-state index in [0.717, 1.165) is 6.34 Å². The zero-order valence-corrected chi connectivity index (χ0v) is 24.1. The number of rotatable bonds is 1. The first-order chi connectivity index (χ1) is 21.2. The topological polar surface area (TPSA) is 328 Å². The largest absolute Gasteiger partial charge is 0.756 e. The molecule has 8 rings (SSSR count). The standard InChI is InChI=1S/C20H22N10O13P2/c21-18-23-1-6-13(26-18)29(4-24-6)16-10(31)11-7(40-16)2-38-45(36,37)43-12-8(3-39-44(34,35)42-11)41-17-20(12,33)30(17)5-25-9-14(30)27-19(22)28-15(9)32/h4-5,7,10-11,16-17,31,33H,1-3H2,(H7-,21,22,23,26,27,28,32,34,35,36,37)/p-1/t7-,10?,11?,16-,17-,20?,30?/m1/s1. The van der Waals surface area contributed by atoms with Crippen molar-refractivity contribution in [2.75, 3.05) is 24.3 Å². The minimum Gasteiger partial charge on any atom is -0.756 e. The highest BCUT2D eigenvalue weighted by molar-refractivity contribution is 7.46. The van der Waals surface area contributed by atoms with Crippen molar-refractivity contribution in [2.45, 2.75) is 43.0 Å². The van der Waals surface area contributed by atoms with E-state index in [4.69, 9.17) is 39.0 Å². The summed E-state index contributed by atoms with van der Waals surface area (Å²) in [7, 11) is -10.7. The number of hydrogen-bond acceptors (Lipinski definition) is 20. The number of hydrogen-bond donors (Lipinski definition) is 6. The minimum absolute atomic E-state index is 0.0471. The van der Waals surface area contributed by atoms with Gasteiger partial charge in [0.05, 0.1) is 19.5 Å². The molecule has 6 aliphatic rings. The maximum absolute atomic E-state index is 13.1. The molecule has 8 heterocycles. The van der Waals surface area contributed by atoms with Gasteiger partial charge in [-0.05, 0) is 0 Å². The molecule has 240 valence electrons. The van der Waals surface area contributed by atoms with Gasteiger partial charge in [0.2, 0.25) is 23.7 Å². The molecule has 0 aliphatic carbocycles. The summed E-state index contributed by atoms with van der Waals surface area (Å²) < 4.78 is 58.3. The van der Waals surface area contributed by atoms with Gasteiger partial charge in [0.25, 0.3) is 19.2 Å². The number of fused-ring (bicyclic) bond motifs is 8. The van der Waals surface area contributed by atoms with E-state index in [1.807, 2.05) is 0 Å². The number of aromatic amines is 1. The number of aromatic nitrogens is 4. The Labute approximate surface area is 249 Å². The van der Waals surface area contributed by atoms with E-state index in [0.29, 0.717) is 5.69 Å². The molecule has 0 radical (unpaired) electrons. The van der Waals surface area contributed by atoms with Gasteiger partial charge in [-0.3, -0.25) is 23.5 Å². The van der Waals surface area contributed by atoms with Crippen molar-refractivity contribution < 1.29 is 56.7 Å². The maximum atomic E-state index is 13.1. The number of ether oxygens (including phenoxy) is 2. The Bertz CT molecular complexity index is 1910. The summed E-state index contributed by atoms with van der Waals surface area (Å²) in [5, 5.41) is 25.6. The molecule has 0 aromatic carbocycles. The Morgan fingerprint density at radius 2 is 2.02 bits per heavy atom. The highest BCUT2D eigenvalue weighted by atomic mass is 31.2. The molecule has 2 fully saturated rings. The molecular formula is C20H21N10O13P2-. The number of phosphoric acid groups is 2. The third kappa shape index (κ3) is 4.01. The van der Waals surface area contributed by atoms with Crippen LogP contribution in [-0.4, -0.2) is 85.5 Å². The van der Waals surface area contributed by atoms with Gasteiger partial charge >= 0.3 is 19.8 Å². The van der Waals surface area contributed by atoms with Crippen LogP contribution in [0.25, 0.3) is 0 Å². The third-order valence-corrected chi connectivity index (χ3v) is 9.79. The van der Waals surface area contributed by atoms with Crippen molar-refractivity contribution in [1.29, 1.82) is 0 Å². The van der Waals surface area contributed by atoms with Crippen molar-refractivity contribution in [3.63, 3.8) is 0 Å². The van der Waals surface area contributed by atoms with E-state index in [1.54, 1.807) is 0 Å². The van der Waals surface area contributed by atoms with Crippen LogP contribution in [0.4, 0.5) is 23.3 Å². The van der Waals surface area contributed by atoms with Crippen molar-refractivity contribution in [3.05, 3.63) is 33.9 Å². The normalized spacial score (nSPS) is 41.3. The SMILES string of the molecule is NC1=NCc2ncn([C@@H]3O[C@@H]4COP(=O)([O-])OC5=C(COP(=O)([O-])OC4C3O)O[C@@H]3C5(O)[N+]34C=Nc3c4nc(N)[nH]c3=O)c2N1. The zero-order chi connectivity index (χ0) is 31.7. The number of aliphatic hydroxyl groups is 2. The maximum Gasteiger partial charge on any atom is 0.372 e. The summed E-state index contributed by atoms with van der Waals surface area (Å²) in [6.45, 7) is -1.82. The molecule has 25 heteroatoms. The van der Waals surface area contributed by atoms with Crippen LogP contribution < -0.4 is 36.6 Å². The van der Waals surface area contributed by atoms with Gasteiger partial charge in [-0.1, -0.05) is 0 Å². The lowest BCUT2D eigenvalue weighted by atomic mass is 10.1. The first kappa shape index (κ1) is 28.7. The molecule has 2 saturated heterocycles. The summed E-state index contributed by atoms with van der Waals surface area (Å²) in [4.78, 5) is 56.8. The minimum atomic E-state index is -5.43. The summed E-state index contributed by atoms with van der Waals surface area (Å²) in [5.41, 5.74) is 8.46. The Hall–Kier alpha value is -3.73. The fourth-order valence-electron chi connectivity index (χ4n) is 5.92. The lowest BCUT2D eigenvalue weighted by Gasteiger charge is -2.32. The van der Waals surface area contributed by atoms with E-state index in [2.05, 4.69) is 30.3 Å². The molecule has 6 aliphatic heterocycles. The van der Waals surface area contributed by atoms with Crippen LogP contribution in [0, 0.1) is 0 Å². The fraction of sp³-hybridized carbons (Fsp3) is 0.450. The summed E-state index contributed by atoms with van der Waals surface area (Å²) >= 11 is 0. The number of nitrogens with two attached hydrogens (primary N) is 2. The number of H-pyrrole nitrogens is 1. The molecule has 2 aromatic heterocycles. The number of nitrogen functional groups attached to an aromatic ring is 1. The molecular weight excluding hydrogens is 650 g/mol. The molecule has 9 atom stereocenters. The van der Waals surface area contributed by atoms with Gasteiger partial charge < -0.3 is 64.4 Å². The lowest BCUT2D eigenvalue weighted by Crippen LogP contribution is -2.40. The second kappa shape index (κ2) is 9.18. The second-order valence-corrected chi connectivity index (χ2v) is 13.2. The van der Waals surface area contributed by atoms with Crippen LogP contribution in [0.3, 0.4) is 0 Å². The molecule has 8 N–H and O–H groups in total. The van der Waals surface area contributed by atoms with Crippen molar-refractivity contribution >= 4 is 51.2 Å². The van der Waals surface area contributed by atoms with Crippen molar-refractivity contribution in [3.8, 4) is 0 Å². The Balaban J connectivity index is 1.11. The number of nitrogens with zero attached hydrogens (tertiary/aromatic N) is 6. The number of phosphoric ester groups is 2. The van der Waals surface area contributed by atoms with E-state index in [1.165, 1.54) is 10.9 Å². The highest BCUT2D eigenvalue weighted by Crippen LogP contribution is 2.66. The first-order valence-corrected chi connectivity index (χ1v) is 15.9. The van der Waals surface area contributed by atoms with E-state index >= 15 is 0 Å². The number of guanidine groups is 1. The Morgan fingerprint density at radius 3 is 2.82 bits per heavy atom. The number of quaternary nitrogens is 1. The Morgan fingerprint density at radius 1 is 1.22 bits per heavy atom. The summed E-state index contributed by atoms with van der Waals surface area (Å²) in [5.74, 6) is -1.55. The number of anilines is 2. The third-order valence-electron chi connectivity index (χ3n) is 7.97. The van der Waals surface area contributed by atoms with Gasteiger partial charge in [-0.25, -0.2) is 9.98 Å². The van der Waals surface area contributed by atoms with Gasteiger partial charge in [-0.2, -0.15) is 9.98 Å². The molecule has 23 nitrogen and oxygen atoms in total. The molecule has 0 bridgehead atoms. The van der Waals surface area contributed by atoms with E-state index in [9.17, 15) is 33.9 Å². The zero-order valence-electron chi connectivity index (χ0n) is 22.3. The van der Waals surface area contributed by atoms with Crippen molar-refractivity contribution in [1.82, 2.24) is 24.0 Å². The quantitative estimate of drug-likeness (QED) is 0.0968. The van der Waals surface area contributed by atoms with Gasteiger partial charge in [0.15, 0.2) is 17.9 Å². The smallest absolute Gasteiger partial charge is 0.372 e. The second-order valence-electron chi connectivity index (χ2n) is 10.5. The molecule has 0 amide bonds. The van der Waals surface area contributed by atoms with Gasteiger partial charge in [0, 0.05) is 0 Å². The predicted octanol–water partition coefficient (Wildman–Crippen LogP) is -3.62. The van der Waals surface area contributed by atoms with Crippen LogP contribution in [0.5, 0.6) is 0 Å². The molecule has 0 saturated carbocycles. The summed E-state index contributed by atoms with van der Waals surface area (Å²) in [6.07, 6.45) is -5.45. The molecule has 45 heavy (non-hydrogen) atoms. The number of aliphatic imine (C=N–C) groups is 2. The fourth-order valence-corrected chi connectivity index (χ4v) is 7.66. The summed E-state index contributed by atoms with van der Waals surface area (Å²) in [6, 6.07) is 0. The van der Waals surface area contributed by atoms with Crippen LogP contribution in [0.2, 0.25) is 0 Å². The highest BCUT2D eigenvalue weighted by Gasteiger charge is 2.93. The Kier molecular flexibility index (Phi) is 5.86. The first-order valence-electron chi connectivity index (χ1n) is 13.0. The van der Waals surface area contributed by atoms with Gasteiger partial charge in [-0.15, -0.1) is 4.48 Å². The van der Waals surface area contributed by atoms with E-state index < -0.39 is 86.9 Å². The number of nitrogens with one attached hydrogen (secondary N) is 2. The average Bonchev–Trinajstić information content (AvgIpc) is 3.47. The average molecular weight is 671 g/mol. The van der Waals surface area contributed by atoms with Crippen molar-refractivity contribution in [2.24, 2.45) is 15.7 Å². The van der Waals surface area contributed by atoms with Crippen LogP contribution in [-0.2, 0) is 43.2 Å². The van der Waals surface area contributed by atoms with E-state index in [-0.39, 0.29) is 35.8 Å². The molecule has 6 unspecified atom stereocenters.